The lowest BCUT2D eigenvalue weighted by molar-refractivity contribution is 0.0730. The first-order valence-electron chi connectivity index (χ1n) is 11.6. The third-order valence-electron chi connectivity index (χ3n) is 5.92. The molecule has 0 bridgehead atoms. The monoisotopic (exact) mass is 474 g/mol. The van der Waals surface area contributed by atoms with Crippen molar-refractivity contribution in [2.75, 3.05) is 0 Å². The van der Waals surface area contributed by atoms with E-state index >= 15 is 0 Å². The fourth-order valence-electron chi connectivity index (χ4n) is 3.95. The van der Waals surface area contributed by atoms with Crippen LogP contribution in [0.3, 0.4) is 0 Å². The van der Waals surface area contributed by atoms with Crippen molar-refractivity contribution in [2.24, 2.45) is 0 Å². The molecule has 0 radical (unpaired) electrons. The average Bonchev–Trinajstić information content (AvgIpc) is 2.86. The Hall–Kier alpha value is -3.86. The van der Waals surface area contributed by atoms with Crippen LogP contribution in [0.1, 0.15) is 41.8 Å². The van der Waals surface area contributed by atoms with Crippen LogP contribution in [0, 0.1) is 17.5 Å². The molecule has 0 heterocycles. The van der Waals surface area contributed by atoms with Crippen LogP contribution in [0.25, 0.3) is 22.3 Å². The second-order valence-corrected chi connectivity index (χ2v) is 8.32. The first kappa shape index (κ1) is 24.3. The van der Waals surface area contributed by atoms with Gasteiger partial charge < -0.3 is 4.74 Å². The van der Waals surface area contributed by atoms with Crippen LogP contribution < -0.4 is 4.74 Å². The second-order valence-electron chi connectivity index (χ2n) is 8.32. The molecule has 4 aromatic rings. The van der Waals surface area contributed by atoms with Crippen molar-refractivity contribution in [3.63, 3.8) is 0 Å². The van der Waals surface area contributed by atoms with Crippen molar-refractivity contribution in [1.29, 1.82) is 0 Å². The van der Waals surface area contributed by atoms with Gasteiger partial charge in [-0.1, -0.05) is 74.9 Å². The number of benzene rings is 4. The van der Waals surface area contributed by atoms with Crippen LogP contribution in [0.2, 0.25) is 0 Å². The molecule has 0 aliphatic rings. The number of aryl methyl sites for hydroxylation is 2. The van der Waals surface area contributed by atoms with Crippen LogP contribution in [0.5, 0.6) is 5.75 Å². The Kier molecular flexibility index (Phi) is 7.35. The van der Waals surface area contributed by atoms with E-state index in [4.69, 9.17) is 4.74 Å². The highest BCUT2D eigenvalue weighted by atomic mass is 19.2. The van der Waals surface area contributed by atoms with E-state index in [1.54, 1.807) is 24.3 Å². The summed E-state index contributed by atoms with van der Waals surface area (Å²) < 4.78 is 49.4. The molecule has 0 unspecified atom stereocenters. The van der Waals surface area contributed by atoms with Gasteiger partial charge in [-0.3, -0.25) is 0 Å². The fourth-order valence-corrected chi connectivity index (χ4v) is 3.95. The van der Waals surface area contributed by atoms with E-state index in [0.717, 1.165) is 30.4 Å². The molecule has 35 heavy (non-hydrogen) atoms. The summed E-state index contributed by atoms with van der Waals surface area (Å²) in [4.78, 5) is 12.4. The highest BCUT2D eigenvalue weighted by Gasteiger charge is 2.17. The molecule has 0 aliphatic heterocycles. The highest BCUT2D eigenvalue weighted by Crippen LogP contribution is 2.32. The number of ether oxygens (including phenoxy) is 1. The summed E-state index contributed by atoms with van der Waals surface area (Å²) in [5, 5.41) is 0. The maximum atomic E-state index is 14.9. The van der Waals surface area contributed by atoms with E-state index in [0.29, 0.717) is 11.1 Å². The largest absolute Gasteiger partial charge is 0.423 e. The van der Waals surface area contributed by atoms with Crippen LogP contribution in [0.4, 0.5) is 13.2 Å². The lowest BCUT2D eigenvalue weighted by Crippen LogP contribution is -2.11. The highest BCUT2D eigenvalue weighted by molar-refractivity contribution is 5.91. The SMILES string of the molecule is CCCc1ccc(C(=O)Oc2ccc(-c3ccc(-c4ccc(CC)cc4)c(F)c3F)cc2)c(F)c1. The zero-order valence-electron chi connectivity index (χ0n) is 19.6. The molecule has 0 amide bonds. The number of hydrogen-bond donors (Lipinski definition) is 0. The van der Waals surface area contributed by atoms with Crippen molar-refractivity contribution in [3.8, 4) is 28.0 Å². The molecule has 4 rings (SSSR count). The van der Waals surface area contributed by atoms with Crippen LogP contribution in [-0.2, 0) is 12.8 Å². The minimum atomic E-state index is -0.957. The van der Waals surface area contributed by atoms with Crippen LogP contribution in [-0.4, -0.2) is 5.97 Å². The van der Waals surface area contributed by atoms with E-state index in [2.05, 4.69) is 0 Å². The van der Waals surface area contributed by atoms with Crippen LogP contribution in [0.15, 0.2) is 78.9 Å². The molecular formula is C30H25F3O2. The zero-order chi connectivity index (χ0) is 24.9. The van der Waals surface area contributed by atoms with Gasteiger partial charge in [0, 0.05) is 11.1 Å². The Morgan fingerprint density at radius 1 is 0.714 bits per heavy atom. The number of carbonyl (C=O) groups excluding carboxylic acids is 1. The lowest BCUT2D eigenvalue weighted by Gasteiger charge is -2.11. The summed E-state index contributed by atoms with van der Waals surface area (Å²) >= 11 is 0. The van der Waals surface area contributed by atoms with Crippen molar-refractivity contribution in [1.82, 2.24) is 0 Å². The third-order valence-corrected chi connectivity index (χ3v) is 5.92. The average molecular weight is 475 g/mol. The van der Waals surface area contributed by atoms with E-state index < -0.39 is 23.4 Å². The van der Waals surface area contributed by atoms with Gasteiger partial charge in [0.05, 0.1) is 5.56 Å². The minimum absolute atomic E-state index is 0.0897. The molecule has 0 saturated heterocycles. The fraction of sp³-hybridized carbons (Fsp3) is 0.167. The molecule has 0 aromatic heterocycles. The number of esters is 1. The van der Waals surface area contributed by atoms with Gasteiger partial charge in [0.2, 0.25) is 0 Å². The number of rotatable bonds is 7. The maximum Gasteiger partial charge on any atom is 0.346 e. The summed E-state index contributed by atoms with van der Waals surface area (Å²) in [7, 11) is 0. The van der Waals surface area contributed by atoms with E-state index in [1.807, 2.05) is 26.0 Å². The molecule has 4 aromatic carbocycles. The van der Waals surface area contributed by atoms with Crippen molar-refractivity contribution < 1.29 is 22.7 Å². The van der Waals surface area contributed by atoms with Gasteiger partial charge in [0.25, 0.3) is 0 Å². The van der Waals surface area contributed by atoms with Crippen molar-refractivity contribution in [2.45, 2.75) is 33.1 Å². The molecule has 0 atom stereocenters. The smallest absolute Gasteiger partial charge is 0.346 e. The standard InChI is InChI=1S/C30H25F3O2/c1-3-5-20-8-15-26(27(31)18-20)30(34)35-23-13-11-22(12-14-23)25-17-16-24(28(32)29(25)33)21-9-6-19(4-2)7-10-21/h6-18H,3-5H2,1-2H3. The number of hydrogen-bond acceptors (Lipinski definition) is 2. The molecule has 0 saturated carbocycles. The first-order valence-corrected chi connectivity index (χ1v) is 11.6. The predicted octanol–water partition coefficient (Wildman–Crippen LogP) is 8.17. The molecule has 0 aliphatic carbocycles. The minimum Gasteiger partial charge on any atom is -0.423 e. The van der Waals surface area contributed by atoms with Gasteiger partial charge in [-0.25, -0.2) is 18.0 Å². The number of carbonyl (C=O) groups is 1. The first-order chi connectivity index (χ1) is 16.9. The topological polar surface area (TPSA) is 26.3 Å². The maximum absolute atomic E-state index is 14.9. The Labute approximate surface area is 203 Å². The Morgan fingerprint density at radius 2 is 1.26 bits per heavy atom. The van der Waals surface area contributed by atoms with Gasteiger partial charge in [0.15, 0.2) is 11.6 Å². The Morgan fingerprint density at radius 3 is 1.77 bits per heavy atom. The molecule has 0 fully saturated rings. The van der Waals surface area contributed by atoms with Crippen LogP contribution >= 0.6 is 0 Å². The third kappa shape index (κ3) is 5.29. The van der Waals surface area contributed by atoms with Gasteiger partial charge in [-0.05, 0) is 59.4 Å². The summed E-state index contributed by atoms with van der Waals surface area (Å²) in [5.41, 5.74) is 3.06. The zero-order valence-corrected chi connectivity index (χ0v) is 19.6. The quantitative estimate of drug-likeness (QED) is 0.199. The lowest BCUT2D eigenvalue weighted by atomic mass is 9.98. The Balaban J connectivity index is 1.52. The summed E-state index contributed by atoms with van der Waals surface area (Å²) in [6.07, 6.45) is 2.45. The van der Waals surface area contributed by atoms with Gasteiger partial charge in [0.1, 0.15) is 11.6 Å². The summed E-state index contributed by atoms with van der Waals surface area (Å²) in [6, 6.07) is 20.8. The van der Waals surface area contributed by atoms with Gasteiger partial charge in [-0.2, -0.15) is 0 Å². The molecule has 2 nitrogen and oxygen atoms in total. The van der Waals surface area contributed by atoms with Crippen molar-refractivity contribution in [3.05, 3.63) is 113 Å². The molecule has 178 valence electrons. The second kappa shape index (κ2) is 10.6. The van der Waals surface area contributed by atoms with Gasteiger partial charge in [-0.15, -0.1) is 0 Å². The summed E-state index contributed by atoms with van der Waals surface area (Å²) in [6.45, 7) is 4.02. The molecule has 0 spiro atoms. The molecule has 5 heteroatoms. The van der Waals surface area contributed by atoms with E-state index in [1.165, 1.54) is 42.5 Å². The predicted molar refractivity (Wildman–Crippen MR) is 132 cm³/mol. The van der Waals surface area contributed by atoms with E-state index in [9.17, 15) is 18.0 Å². The number of halogens is 3. The normalized spacial score (nSPS) is 10.9. The van der Waals surface area contributed by atoms with E-state index in [-0.39, 0.29) is 22.4 Å². The Bertz CT molecular complexity index is 1340. The van der Waals surface area contributed by atoms with Crippen molar-refractivity contribution >= 4 is 5.97 Å². The summed E-state index contributed by atoms with van der Waals surface area (Å²) in [5.74, 6) is -3.18. The molecular weight excluding hydrogens is 449 g/mol. The molecule has 0 N–H and O–H groups in total. The van der Waals surface area contributed by atoms with Gasteiger partial charge >= 0.3 is 5.97 Å².